The molecule has 2 amide bonds. The van der Waals surface area contributed by atoms with Crippen molar-refractivity contribution in [1.29, 1.82) is 0 Å². The number of nitrogens with one attached hydrogen (secondary N) is 1. The van der Waals surface area contributed by atoms with Crippen LogP contribution in [0.3, 0.4) is 0 Å². The minimum atomic E-state index is -0.616. The van der Waals surface area contributed by atoms with E-state index in [-0.39, 0.29) is 17.4 Å². The molecule has 1 aliphatic rings. The van der Waals surface area contributed by atoms with Crippen LogP contribution < -0.4 is 5.32 Å². The molecule has 0 saturated carbocycles. The summed E-state index contributed by atoms with van der Waals surface area (Å²) in [5, 5.41) is 2.68. The molecule has 1 aromatic carbocycles. The Morgan fingerprint density at radius 3 is 2.38 bits per heavy atom. The molecule has 0 radical (unpaired) electrons. The summed E-state index contributed by atoms with van der Waals surface area (Å²) in [5.74, 6) is -1.24. The summed E-state index contributed by atoms with van der Waals surface area (Å²) < 4.78 is 13.6. The molecule has 0 unspecified atom stereocenters. The Labute approximate surface area is 124 Å². The summed E-state index contributed by atoms with van der Waals surface area (Å²) in [7, 11) is 0. The Balaban J connectivity index is 2.11. The predicted octanol–water partition coefficient (Wildman–Crippen LogP) is 2.20. The minimum Gasteiger partial charge on any atom is -0.341 e. The van der Waals surface area contributed by atoms with Crippen molar-refractivity contribution in [2.75, 3.05) is 13.1 Å². The lowest BCUT2D eigenvalue weighted by Gasteiger charge is -2.26. The average molecular weight is 292 g/mol. The zero-order valence-electron chi connectivity index (χ0n) is 12.4. The third kappa shape index (κ3) is 3.60. The second kappa shape index (κ2) is 6.70. The third-order valence-electron chi connectivity index (χ3n) is 3.76. The first-order chi connectivity index (χ1) is 10.0. The molecule has 0 aromatic heterocycles. The number of carbonyl (C=O) groups is 2. The molecule has 0 bridgehead atoms. The van der Waals surface area contributed by atoms with Crippen molar-refractivity contribution in [2.45, 2.75) is 32.7 Å². The van der Waals surface area contributed by atoms with E-state index in [9.17, 15) is 14.0 Å². The molecule has 1 atom stereocenters. The topological polar surface area (TPSA) is 49.4 Å². The molecule has 1 heterocycles. The number of nitrogens with zero attached hydrogens (tertiary/aromatic N) is 1. The fraction of sp³-hybridized carbons (Fsp3) is 0.500. The number of amides is 2. The van der Waals surface area contributed by atoms with Crippen LogP contribution in [0.1, 0.15) is 37.0 Å². The van der Waals surface area contributed by atoms with E-state index < -0.39 is 17.8 Å². The van der Waals surface area contributed by atoms with Gasteiger partial charge < -0.3 is 10.2 Å². The molecule has 4 nitrogen and oxygen atoms in total. The van der Waals surface area contributed by atoms with Gasteiger partial charge in [0.05, 0.1) is 5.56 Å². The summed E-state index contributed by atoms with van der Waals surface area (Å²) >= 11 is 0. The van der Waals surface area contributed by atoms with Crippen LogP contribution in [0.15, 0.2) is 24.3 Å². The van der Waals surface area contributed by atoms with Gasteiger partial charge in [0.1, 0.15) is 11.9 Å². The van der Waals surface area contributed by atoms with E-state index in [0.717, 1.165) is 25.9 Å². The molecule has 114 valence electrons. The van der Waals surface area contributed by atoms with Gasteiger partial charge in [-0.15, -0.1) is 0 Å². The Morgan fingerprint density at radius 2 is 1.81 bits per heavy atom. The molecule has 1 N–H and O–H groups in total. The van der Waals surface area contributed by atoms with Crippen molar-refractivity contribution in [2.24, 2.45) is 5.92 Å². The van der Waals surface area contributed by atoms with Crippen LogP contribution in [0.2, 0.25) is 0 Å². The second-order valence-electron chi connectivity index (χ2n) is 5.71. The van der Waals surface area contributed by atoms with Crippen LogP contribution in [-0.2, 0) is 4.79 Å². The molecule has 0 aliphatic carbocycles. The molecule has 1 fully saturated rings. The lowest BCUT2D eigenvalue weighted by Crippen LogP contribution is -2.50. The van der Waals surface area contributed by atoms with Crippen LogP contribution in [-0.4, -0.2) is 35.8 Å². The average Bonchev–Trinajstić information content (AvgIpc) is 2.98. The van der Waals surface area contributed by atoms with Gasteiger partial charge in [-0.3, -0.25) is 9.59 Å². The van der Waals surface area contributed by atoms with Gasteiger partial charge in [-0.25, -0.2) is 4.39 Å². The van der Waals surface area contributed by atoms with Gasteiger partial charge in [-0.05, 0) is 30.9 Å². The zero-order chi connectivity index (χ0) is 15.4. The number of rotatable bonds is 4. The molecule has 1 aromatic rings. The largest absolute Gasteiger partial charge is 0.341 e. The summed E-state index contributed by atoms with van der Waals surface area (Å²) in [5.41, 5.74) is -0.0302. The molecular weight excluding hydrogens is 271 g/mol. The SMILES string of the molecule is CC(C)[C@H](NC(=O)c1ccccc1F)C(=O)N1CCCC1. The number of likely N-dealkylation sites (tertiary alicyclic amines) is 1. The first kappa shape index (κ1) is 15.5. The van der Waals surface area contributed by atoms with Gasteiger partial charge in [0.25, 0.3) is 5.91 Å². The lowest BCUT2D eigenvalue weighted by atomic mass is 10.0. The Kier molecular flexibility index (Phi) is 4.94. The van der Waals surface area contributed by atoms with Crippen LogP contribution in [0.5, 0.6) is 0 Å². The fourth-order valence-electron chi connectivity index (χ4n) is 2.51. The van der Waals surface area contributed by atoms with E-state index in [0.29, 0.717) is 0 Å². The number of benzene rings is 1. The Morgan fingerprint density at radius 1 is 1.19 bits per heavy atom. The standard InChI is InChI=1S/C16H21FN2O2/c1-11(2)14(16(21)19-9-5-6-10-19)18-15(20)12-7-3-4-8-13(12)17/h3-4,7-8,11,14H,5-6,9-10H2,1-2H3,(H,18,20)/t14-/m0/s1. The smallest absolute Gasteiger partial charge is 0.254 e. The van der Waals surface area contributed by atoms with Crippen LogP contribution in [0.4, 0.5) is 4.39 Å². The van der Waals surface area contributed by atoms with E-state index in [2.05, 4.69) is 5.32 Å². The van der Waals surface area contributed by atoms with Crippen molar-refractivity contribution in [3.63, 3.8) is 0 Å². The molecule has 1 saturated heterocycles. The number of carbonyl (C=O) groups excluding carboxylic acids is 2. The highest BCUT2D eigenvalue weighted by molar-refractivity contribution is 5.97. The number of hydrogen-bond acceptors (Lipinski definition) is 2. The van der Waals surface area contributed by atoms with Crippen molar-refractivity contribution >= 4 is 11.8 Å². The van der Waals surface area contributed by atoms with Gasteiger partial charge in [-0.2, -0.15) is 0 Å². The Bertz CT molecular complexity index is 525. The van der Waals surface area contributed by atoms with E-state index in [1.165, 1.54) is 18.2 Å². The first-order valence-electron chi connectivity index (χ1n) is 7.35. The van der Waals surface area contributed by atoms with Gasteiger partial charge in [-0.1, -0.05) is 26.0 Å². The van der Waals surface area contributed by atoms with Crippen molar-refractivity contribution in [1.82, 2.24) is 10.2 Å². The van der Waals surface area contributed by atoms with Gasteiger partial charge >= 0.3 is 0 Å². The fourth-order valence-corrected chi connectivity index (χ4v) is 2.51. The quantitative estimate of drug-likeness (QED) is 0.925. The zero-order valence-corrected chi connectivity index (χ0v) is 12.4. The second-order valence-corrected chi connectivity index (χ2v) is 5.71. The molecule has 5 heteroatoms. The molecule has 1 aliphatic heterocycles. The summed E-state index contributed by atoms with van der Waals surface area (Å²) in [4.78, 5) is 26.4. The van der Waals surface area contributed by atoms with Gasteiger partial charge in [0.2, 0.25) is 5.91 Å². The monoisotopic (exact) mass is 292 g/mol. The predicted molar refractivity (Wildman–Crippen MR) is 78.3 cm³/mol. The highest BCUT2D eigenvalue weighted by Crippen LogP contribution is 2.14. The van der Waals surface area contributed by atoms with Gasteiger partial charge in [0, 0.05) is 13.1 Å². The summed E-state index contributed by atoms with van der Waals surface area (Å²) in [6, 6.07) is 5.17. The molecular formula is C16H21FN2O2. The van der Waals surface area contributed by atoms with Crippen LogP contribution >= 0.6 is 0 Å². The summed E-state index contributed by atoms with van der Waals surface area (Å²) in [6.07, 6.45) is 2.00. The molecule has 2 rings (SSSR count). The van der Waals surface area contributed by atoms with Crippen molar-refractivity contribution < 1.29 is 14.0 Å². The van der Waals surface area contributed by atoms with E-state index in [1.54, 1.807) is 11.0 Å². The summed E-state index contributed by atoms with van der Waals surface area (Å²) in [6.45, 7) is 5.22. The van der Waals surface area contributed by atoms with Crippen LogP contribution in [0, 0.1) is 11.7 Å². The maximum absolute atomic E-state index is 13.6. The maximum Gasteiger partial charge on any atom is 0.254 e. The Hall–Kier alpha value is -1.91. The van der Waals surface area contributed by atoms with Crippen LogP contribution in [0.25, 0.3) is 0 Å². The highest BCUT2D eigenvalue weighted by Gasteiger charge is 2.30. The third-order valence-corrected chi connectivity index (χ3v) is 3.76. The van der Waals surface area contributed by atoms with Gasteiger partial charge in [0.15, 0.2) is 0 Å². The van der Waals surface area contributed by atoms with Crippen molar-refractivity contribution in [3.8, 4) is 0 Å². The first-order valence-corrected chi connectivity index (χ1v) is 7.35. The van der Waals surface area contributed by atoms with Crippen molar-refractivity contribution in [3.05, 3.63) is 35.6 Å². The highest BCUT2D eigenvalue weighted by atomic mass is 19.1. The normalized spacial score (nSPS) is 16.1. The van der Waals surface area contributed by atoms with E-state index >= 15 is 0 Å². The molecule has 21 heavy (non-hydrogen) atoms. The number of hydrogen-bond donors (Lipinski definition) is 1. The molecule has 0 spiro atoms. The minimum absolute atomic E-state index is 0.0302. The van der Waals surface area contributed by atoms with E-state index in [1.807, 2.05) is 13.8 Å². The maximum atomic E-state index is 13.6. The number of halogens is 1. The lowest BCUT2D eigenvalue weighted by molar-refractivity contribution is -0.133. The van der Waals surface area contributed by atoms with E-state index in [4.69, 9.17) is 0 Å².